The molecule has 1 aromatic carbocycles. The highest BCUT2D eigenvalue weighted by Crippen LogP contribution is 2.32. The number of ether oxygens (including phenoxy) is 3. The third-order valence-electron chi connectivity index (χ3n) is 3.24. The Morgan fingerprint density at radius 2 is 2.16 bits per heavy atom. The summed E-state index contributed by atoms with van der Waals surface area (Å²) in [5.41, 5.74) is -0.110. The minimum Gasteiger partial charge on any atom is -0.497 e. The maximum Gasteiger partial charge on any atom is 0.316 e. The Morgan fingerprint density at radius 1 is 1.42 bits per heavy atom. The Bertz CT molecular complexity index is 470. The van der Waals surface area contributed by atoms with Crippen molar-refractivity contribution in [3.63, 3.8) is 0 Å². The van der Waals surface area contributed by atoms with Gasteiger partial charge in [-0.2, -0.15) is 0 Å². The molecule has 0 aliphatic carbocycles. The van der Waals surface area contributed by atoms with Crippen LogP contribution in [0.3, 0.4) is 0 Å². The van der Waals surface area contributed by atoms with Crippen molar-refractivity contribution in [2.75, 3.05) is 39.3 Å². The van der Waals surface area contributed by atoms with Crippen LogP contribution in [-0.2, 0) is 9.53 Å². The predicted octanol–water partition coefficient (Wildman–Crippen LogP) is 1.22. The molecule has 0 spiro atoms. The summed E-state index contributed by atoms with van der Waals surface area (Å²) in [6.45, 7) is 0.757. The number of carbonyl (C=O) groups is 1. The van der Waals surface area contributed by atoms with Crippen molar-refractivity contribution in [2.45, 2.75) is 0 Å². The highest BCUT2D eigenvalue weighted by Gasteiger charge is 2.46. The van der Waals surface area contributed by atoms with E-state index >= 15 is 0 Å². The van der Waals surface area contributed by atoms with Gasteiger partial charge in [-0.1, -0.05) is 0 Å². The second kappa shape index (κ2) is 5.36. The zero-order chi connectivity index (χ0) is 13.9. The van der Waals surface area contributed by atoms with Crippen LogP contribution in [0.5, 0.6) is 11.5 Å². The first-order valence-corrected chi connectivity index (χ1v) is 5.88. The quantitative estimate of drug-likeness (QED) is 0.807. The summed E-state index contributed by atoms with van der Waals surface area (Å²) in [6, 6.07) is 5.33. The number of nitrogens with one attached hydrogen (secondary N) is 1. The fourth-order valence-corrected chi connectivity index (χ4v) is 1.86. The molecule has 0 atom stereocenters. The van der Waals surface area contributed by atoms with E-state index in [2.05, 4.69) is 5.32 Å². The van der Waals surface area contributed by atoms with Crippen molar-refractivity contribution in [1.82, 2.24) is 0 Å². The number of anilines is 1. The third kappa shape index (κ3) is 2.58. The Labute approximate surface area is 111 Å². The number of methoxy groups -OCH3 is 2. The van der Waals surface area contributed by atoms with Crippen LogP contribution < -0.4 is 14.8 Å². The minimum absolute atomic E-state index is 0.230. The Balaban J connectivity index is 2.09. The predicted molar refractivity (Wildman–Crippen MR) is 68.9 cm³/mol. The molecule has 0 aromatic heterocycles. The van der Waals surface area contributed by atoms with Gasteiger partial charge in [0.15, 0.2) is 0 Å². The van der Waals surface area contributed by atoms with E-state index in [9.17, 15) is 9.90 Å². The van der Waals surface area contributed by atoms with Crippen LogP contribution in [0.1, 0.15) is 0 Å². The number of hydrogen-bond acceptors (Lipinski definition) is 5. The molecule has 0 amide bonds. The lowest BCUT2D eigenvalue weighted by Gasteiger charge is -2.37. The summed E-state index contributed by atoms with van der Waals surface area (Å²) in [7, 11) is 3.13. The summed E-state index contributed by atoms with van der Waals surface area (Å²) in [5, 5.41) is 12.3. The second-order valence-electron chi connectivity index (χ2n) is 4.50. The molecule has 1 heterocycles. The molecule has 1 saturated heterocycles. The van der Waals surface area contributed by atoms with Gasteiger partial charge in [0.1, 0.15) is 16.9 Å². The molecule has 1 fully saturated rings. The summed E-state index contributed by atoms with van der Waals surface area (Å²) in [4.78, 5) is 11.2. The molecule has 104 valence electrons. The first-order chi connectivity index (χ1) is 9.11. The van der Waals surface area contributed by atoms with E-state index in [0.29, 0.717) is 18.0 Å². The van der Waals surface area contributed by atoms with Crippen LogP contribution in [0.25, 0.3) is 0 Å². The van der Waals surface area contributed by atoms with Crippen LogP contribution in [0.15, 0.2) is 18.2 Å². The molecule has 6 heteroatoms. The molecule has 0 radical (unpaired) electrons. The molecular weight excluding hydrogens is 250 g/mol. The monoisotopic (exact) mass is 267 g/mol. The minimum atomic E-state index is -0.848. The van der Waals surface area contributed by atoms with Crippen molar-refractivity contribution in [1.29, 1.82) is 0 Å². The van der Waals surface area contributed by atoms with Crippen molar-refractivity contribution in [3.05, 3.63) is 18.2 Å². The average Bonchev–Trinajstić information content (AvgIpc) is 2.37. The van der Waals surface area contributed by atoms with Crippen LogP contribution >= 0.6 is 0 Å². The van der Waals surface area contributed by atoms with E-state index in [1.54, 1.807) is 32.4 Å². The van der Waals surface area contributed by atoms with E-state index in [-0.39, 0.29) is 13.2 Å². The molecule has 1 aromatic rings. The van der Waals surface area contributed by atoms with Crippen molar-refractivity contribution >= 4 is 11.7 Å². The molecule has 2 N–H and O–H groups in total. The maximum atomic E-state index is 11.2. The molecule has 0 bridgehead atoms. The van der Waals surface area contributed by atoms with E-state index in [4.69, 9.17) is 14.2 Å². The van der Waals surface area contributed by atoms with Gasteiger partial charge < -0.3 is 24.6 Å². The largest absolute Gasteiger partial charge is 0.497 e. The zero-order valence-electron chi connectivity index (χ0n) is 10.9. The maximum absolute atomic E-state index is 11.2. The van der Waals surface area contributed by atoms with Gasteiger partial charge in [0, 0.05) is 12.6 Å². The van der Waals surface area contributed by atoms with Crippen LogP contribution in [-0.4, -0.2) is 45.1 Å². The number of aliphatic carboxylic acids is 1. The van der Waals surface area contributed by atoms with E-state index in [1.807, 2.05) is 0 Å². The summed E-state index contributed by atoms with van der Waals surface area (Å²) < 4.78 is 15.4. The van der Waals surface area contributed by atoms with Gasteiger partial charge in [0.2, 0.25) is 0 Å². The Morgan fingerprint density at radius 3 is 2.63 bits per heavy atom. The Hall–Kier alpha value is -1.95. The fourth-order valence-electron chi connectivity index (χ4n) is 1.86. The highest BCUT2D eigenvalue weighted by atomic mass is 16.5. The van der Waals surface area contributed by atoms with E-state index in [0.717, 1.165) is 5.69 Å². The van der Waals surface area contributed by atoms with Gasteiger partial charge in [-0.05, 0) is 12.1 Å². The lowest BCUT2D eigenvalue weighted by molar-refractivity contribution is -0.176. The number of rotatable bonds is 6. The summed E-state index contributed by atoms with van der Waals surface area (Å²) in [6.07, 6.45) is 0. The zero-order valence-corrected chi connectivity index (χ0v) is 10.9. The molecule has 6 nitrogen and oxygen atoms in total. The normalized spacial score (nSPS) is 16.3. The number of carboxylic acid groups (broad SMARTS) is 1. The number of hydrogen-bond donors (Lipinski definition) is 2. The lowest BCUT2D eigenvalue weighted by Crippen LogP contribution is -2.53. The number of carboxylic acids is 1. The molecule has 19 heavy (non-hydrogen) atoms. The van der Waals surface area contributed by atoms with E-state index in [1.165, 1.54) is 0 Å². The molecule has 0 saturated carbocycles. The average molecular weight is 267 g/mol. The summed E-state index contributed by atoms with van der Waals surface area (Å²) >= 11 is 0. The lowest BCUT2D eigenvalue weighted by atomic mass is 9.86. The van der Waals surface area contributed by atoms with Crippen LogP contribution in [0.4, 0.5) is 5.69 Å². The van der Waals surface area contributed by atoms with Gasteiger partial charge in [-0.15, -0.1) is 0 Å². The summed E-state index contributed by atoms with van der Waals surface area (Å²) in [5.74, 6) is 0.446. The fraction of sp³-hybridized carbons (Fsp3) is 0.462. The van der Waals surface area contributed by atoms with Crippen LogP contribution in [0.2, 0.25) is 0 Å². The topological polar surface area (TPSA) is 77.0 Å². The molecule has 0 unspecified atom stereocenters. The van der Waals surface area contributed by atoms with Crippen molar-refractivity contribution in [2.24, 2.45) is 5.41 Å². The van der Waals surface area contributed by atoms with Gasteiger partial charge in [0.05, 0.1) is 33.1 Å². The van der Waals surface area contributed by atoms with Gasteiger partial charge in [-0.25, -0.2) is 0 Å². The highest BCUT2D eigenvalue weighted by molar-refractivity contribution is 5.77. The van der Waals surface area contributed by atoms with Crippen LogP contribution in [0, 0.1) is 5.41 Å². The molecule has 1 aliphatic heterocycles. The first kappa shape index (κ1) is 13.5. The Kier molecular flexibility index (Phi) is 3.80. The van der Waals surface area contributed by atoms with Gasteiger partial charge in [-0.3, -0.25) is 4.79 Å². The standard InChI is InChI=1S/C13H17NO5/c1-17-9-3-4-10(11(5-9)18-2)14-6-13(12(15)16)7-19-8-13/h3-5,14H,6-8H2,1-2H3,(H,15,16). The SMILES string of the molecule is COc1ccc(NCC2(C(=O)O)COC2)c(OC)c1. The van der Waals surface area contributed by atoms with Crippen molar-refractivity contribution in [3.8, 4) is 11.5 Å². The van der Waals surface area contributed by atoms with Gasteiger partial charge in [0.25, 0.3) is 0 Å². The smallest absolute Gasteiger partial charge is 0.316 e. The van der Waals surface area contributed by atoms with Gasteiger partial charge >= 0.3 is 5.97 Å². The molecular formula is C13H17NO5. The first-order valence-electron chi connectivity index (χ1n) is 5.88. The van der Waals surface area contributed by atoms with E-state index < -0.39 is 11.4 Å². The van der Waals surface area contributed by atoms with Crippen molar-refractivity contribution < 1.29 is 24.1 Å². The molecule has 2 rings (SSSR count). The number of benzene rings is 1. The molecule has 1 aliphatic rings. The second-order valence-corrected chi connectivity index (χ2v) is 4.50. The third-order valence-corrected chi connectivity index (χ3v) is 3.24.